The van der Waals surface area contributed by atoms with Crippen LogP contribution in [0.2, 0.25) is 0 Å². The van der Waals surface area contributed by atoms with E-state index in [1.54, 1.807) is 0 Å². The molecule has 4 rings (SSSR count). The van der Waals surface area contributed by atoms with Crippen molar-refractivity contribution in [3.05, 3.63) is 54.1 Å². The maximum atomic E-state index is 12.9. The van der Waals surface area contributed by atoms with Gasteiger partial charge in [0.2, 0.25) is 5.91 Å². The van der Waals surface area contributed by atoms with Gasteiger partial charge < -0.3 is 18.9 Å². The number of hydrogen-bond acceptors (Lipinski definition) is 6. The first-order valence-corrected chi connectivity index (χ1v) is 12.9. The quantitative estimate of drug-likeness (QED) is 0.409. The Morgan fingerprint density at radius 3 is 2.53 bits per heavy atom. The zero-order valence-electron chi connectivity index (χ0n) is 20.1. The van der Waals surface area contributed by atoms with E-state index in [-0.39, 0.29) is 12.0 Å². The molecule has 34 heavy (non-hydrogen) atoms. The number of rotatable bonds is 9. The van der Waals surface area contributed by atoms with E-state index in [0.717, 1.165) is 47.4 Å². The van der Waals surface area contributed by atoms with E-state index in [2.05, 4.69) is 40.7 Å². The number of piperidine rings is 1. The number of aryl methyl sites for hydroxylation is 1. The minimum atomic E-state index is 0.0818. The monoisotopic (exact) mass is 480 g/mol. The first-order valence-electron chi connectivity index (χ1n) is 11.9. The van der Waals surface area contributed by atoms with Gasteiger partial charge in [-0.15, -0.1) is 10.2 Å². The molecule has 0 radical (unpaired) electrons. The van der Waals surface area contributed by atoms with Crippen molar-refractivity contribution in [2.75, 3.05) is 25.4 Å². The number of nitrogens with zero attached hydrogens (tertiary/aromatic N) is 4. The van der Waals surface area contributed by atoms with Crippen LogP contribution in [0.1, 0.15) is 32.3 Å². The molecule has 0 atom stereocenters. The molecule has 7 nitrogen and oxygen atoms in total. The van der Waals surface area contributed by atoms with Crippen LogP contribution in [0.5, 0.6) is 11.5 Å². The predicted molar refractivity (Wildman–Crippen MR) is 134 cm³/mol. The maximum Gasteiger partial charge on any atom is 0.233 e. The molecule has 0 aliphatic carbocycles. The van der Waals surface area contributed by atoms with Gasteiger partial charge in [-0.3, -0.25) is 4.79 Å². The summed E-state index contributed by atoms with van der Waals surface area (Å²) in [5.74, 6) is 2.86. The standard InChI is InChI=1S/C26H32N4O3S/c1-4-30-25(20-10-8-9-19(3)17-20)27-28-26(30)34-18-24(31)29-15-13-21(14-16-29)33-23-12-7-6-11-22(23)32-5-2/h6-12,17,21H,4-5,13-16,18H2,1-3H3. The van der Waals surface area contributed by atoms with Crippen molar-refractivity contribution in [1.82, 2.24) is 19.7 Å². The number of carbonyl (C=O) groups excluding carboxylic acids is 1. The Labute approximate surface area is 205 Å². The van der Waals surface area contributed by atoms with Crippen LogP contribution in [0.15, 0.2) is 53.7 Å². The Hall–Kier alpha value is -3.00. The van der Waals surface area contributed by atoms with Crippen LogP contribution in [0.25, 0.3) is 11.4 Å². The normalized spacial score (nSPS) is 14.3. The number of benzene rings is 2. The molecular weight excluding hydrogens is 448 g/mol. The molecular formula is C26H32N4O3S. The first-order chi connectivity index (χ1) is 16.6. The molecule has 2 heterocycles. The molecule has 0 N–H and O–H groups in total. The van der Waals surface area contributed by atoms with Crippen molar-refractivity contribution in [1.29, 1.82) is 0 Å². The fourth-order valence-corrected chi connectivity index (χ4v) is 5.03. The number of hydrogen-bond donors (Lipinski definition) is 0. The highest BCUT2D eigenvalue weighted by atomic mass is 32.2. The Bertz CT molecular complexity index is 1110. The van der Waals surface area contributed by atoms with Crippen LogP contribution in [0, 0.1) is 6.92 Å². The van der Waals surface area contributed by atoms with Crippen LogP contribution in [-0.2, 0) is 11.3 Å². The van der Waals surface area contributed by atoms with E-state index in [1.807, 2.05) is 48.2 Å². The third-order valence-electron chi connectivity index (χ3n) is 5.87. The predicted octanol–water partition coefficient (Wildman–Crippen LogP) is 4.83. The highest BCUT2D eigenvalue weighted by Gasteiger charge is 2.25. The minimum Gasteiger partial charge on any atom is -0.490 e. The number of thioether (sulfide) groups is 1. The summed E-state index contributed by atoms with van der Waals surface area (Å²) in [6.45, 7) is 8.83. The van der Waals surface area contributed by atoms with Gasteiger partial charge in [-0.2, -0.15) is 0 Å². The largest absolute Gasteiger partial charge is 0.490 e. The summed E-state index contributed by atoms with van der Waals surface area (Å²) in [7, 11) is 0. The number of para-hydroxylation sites is 2. The van der Waals surface area contributed by atoms with E-state index in [1.165, 1.54) is 17.3 Å². The molecule has 1 amide bonds. The molecule has 8 heteroatoms. The Balaban J connectivity index is 1.30. The van der Waals surface area contributed by atoms with Crippen LogP contribution in [0.3, 0.4) is 0 Å². The average Bonchev–Trinajstić information content (AvgIpc) is 3.27. The van der Waals surface area contributed by atoms with Gasteiger partial charge in [0.1, 0.15) is 6.10 Å². The second kappa shape index (κ2) is 11.4. The van der Waals surface area contributed by atoms with Gasteiger partial charge in [-0.1, -0.05) is 47.7 Å². The summed E-state index contributed by atoms with van der Waals surface area (Å²) in [4.78, 5) is 14.8. The molecule has 180 valence electrons. The zero-order chi connectivity index (χ0) is 23.9. The fourth-order valence-electron chi connectivity index (χ4n) is 4.12. The lowest BCUT2D eigenvalue weighted by Gasteiger charge is -2.32. The summed E-state index contributed by atoms with van der Waals surface area (Å²) >= 11 is 1.45. The smallest absolute Gasteiger partial charge is 0.233 e. The molecule has 2 aromatic carbocycles. The molecule has 1 aliphatic rings. The summed E-state index contributed by atoms with van der Waals surface area (Å²) in [5, 5.41) is 9.54. The summed E-state index contributed by atoms with van der Waals surface area (Å²) in [5.41, 5.74) is 2.22. The van der Waals surface area contributed by atoms with Crippen molar-refractivity contribution >= 4 is 17.7 Å². The van der Waals surface area contributed by atoms with Crippen molar-refractivity contribution < 1.29 is 14.3 Å². The number of likely N-dealkylation sites (tertiary alicyclic amines) is 1. The van der Waals surface area contributed by atoms with Gasteiger partial charge in [0.25, 0.3) is 0 Å². The van der Waals surface area contributed by atoms with Crippen molar-refractivity contribution in [2.45, 2.75) is 51.4 Å². The highest BCUT2D eigenvalue weighted by molar-refractivity contribution is 7.99. The fraction of sp³-hybridized carbons (Fsp3) is 0.423. The third kappa shape index (κ3) is 5.73. The minimum absolute atomic E-state index is 0.0818. The number of amides is 1. The van der Waals surface area contributed by atoms with Crippen LogP contribution < -0.4 is 9.47 Å². The van der Waals surface area contributed by atoms with Crippen molar-refractivity contribution in [2.24, 2.45) is 0 Å². The van der Waals surface area contributed by atoms with Crippen LogP contribution >= 0.6 is 11.8 Å². The second-order valence-corrected chi connectivity index (χ2v) is 9.23. The molecule has 0 bridgehead atoms. The molecule has 3 aromatic rings. The lowest BCUT2D eigenvalue weighted by atomic mass is 10.1. The number of carbonyl (C=O) groups is 1. The van der Waals surface area contributed by atoms with Crippen molar-refractivity contribution in [3.63, 3.8) is 0 Å². The lowest BCUT2D eigenvalue weighted by molar-refractivity contribution is -0.130. The summed E-state index contributed by atoms with van der Waals surface area (Å²) in [6.07, 6.45) is 1.69. The van der Waals surface area contributed by atoms with E-state index in [0.29, 0.717) is 25.4 Å². The zero-order valence-corrected chi connectivity index (χ0v) is 20.9. The van der Waals surface area contributed by atoms with Crippen molar-refractivity contribution in [3.8, 4) is 22.9 Å². The molecule has 1 fully saturated rings. The maximum absolute atomic E-state index is 12.9. The Kier molecular flexibility index (Phi) is 8.11. The topological polar surface area (TPSA) is 69.5 Å². The molecule has 1 aromatic heterocycles. The first kappa shape index (κ1) is 24.1. The lowest BCUT2D eigenvalue weighted by Crippen LogP contribution is -2.42. The van der Waals surface area contributed by atoms with E-state index < -0.39 is 0 Å². The van der Waals surface area contributed by atoms with E-state index in [4.69, 9.17) is 9.47 Å². The van der Waals surface area contributed by atoms with E-state index >= 15 is 0 Å². The molecule has 0 saturated carbocycles. The molecule has 0 unspecified atom stereocenters. The van der Waals surface area contributed by atoms with Gasteiger partial charge in [-0.05, 0) is 39.0 Å². The molecule has 1 saturated heterocycles. The average molecular weight is 481 g/mol. The van der Waals surface area contributed by atoms with Gasteiger partial charge in [0.05, 0.1) is 12.4 Å². The van der Waals surface area contributed by atoms with Gasteiger partial charge in [0.15, 0.2) is 22.5 Å². The summed E-state index contributed by atoms with van der Waals surface area (Å²) in [6, 6.07) is 16.0. The molecule has 0 spiro atoms. The summed E-state index contributed by atoms with van der Waals surface area (Å²) < 4.78 is 13.9. The second-order valence-electron chi connectivity index (χ2n) is 8.29. The molecule has 1 aliphatic heterocycles. The van der Waals surface area contributed by atoms with Gasteiger partial charge in [-0.25, -0.2) is 0 Å². The highest BCUT2D eigenvalue weighted by Crippen LogP contribution is 2.30. The van der Waals surface area contributed by atoms with Crippen LogP contribution in [0.4, 0.5) is 0 Å². The third-order valence-corrected chi connectivity index (χ3v) is 6.82. The van der Waals surface area contributed by atoms with Crippen LogP contribution in [-0.4, -0.2) is 57.1 Å². The Morgan fingerprint density at radius 1 is 1.06 bits per heavy atom. The van der Waals surface area contributed by atoms with E-state index in [9.17, 15) is 4.79 Å². The van der Waals surface area contributed by atoms with Gasteiger partial charge in [0, 0.05) is 38.0 Å². The number of aromatic nitrogens is 3. The van der Waals surface area contributed by atoms with Gasteiger partial charge >= 0.3 is 0 Å². The number of ether oxygens (including phenoxy) is 2. The Morgan fingerprint density at radius 2 is 1.82 bits per heavy atom. The SMILES string of the molecule is CCOc1ccccc1OC1CCN(C(=O)CSc2nnc(-c3cccc(C)c3)n2CC)CC1.